The van der Waals surface area contributed by atoms with Gasteiger partial charge in [-0.15, -0.1) is 0 Å². The van der Waals surface area contributed by atoms with Crippen LogP contribution in [0, 0.1) is 11.8 Å². The third-order valence-corrected chi connectivity index (χ3v) is 5.29. The van der Waals surface area contributed by atoms with Crippen molar-refractivity contribution in [3.05, 3.63) is 65.7 Å². The summed E-state index contributed by atoms with van der Waals surface area (Å²) in [5, 5.41) is 0. The molecule has 5 heteroatoms. The summed E-state index contributed by atoms with van der Waals surface area (Å²) in [6.07, 6.45) is 2.86. The Labute approximate surface area is 178 Å². The highest BCUT2D eigenvalue weighted by Gasteiger charge is 2.26. The first-order valence-electron chi connectivity index (χ1n) is 10.3. The first kappa shape index (κ1) is 21.6. The number of carbonyl (C=O) groups excluding carboxylic acids is 2. The number of carbonyl (C=O) groups is 2. The van der Waals surface area contributed by atoms with Crippen molar-refractivity contribution in [3.63, 3.8) is 0 Å². The van der Waals surface area contributed by atoms with Crippen LogP contribution >= 0.6 is 0 Å². The number of likely N-dealkylation sites (tertiary alicyclic amines) is 1. The Balaban J connectivity index is 1.78. The molecular formula is C25H29NO4. The molecule has 0 unspecified atom stereocenters. The summed E-state index contributed by atoms with van der Waals surface area (Å²) in [5.74, 6) is 0.897. The van der Waals surface area contributed by atoms with E-state index in [0.717, 1.165) is 17.5 Å². The van der Waals surface area contributed by atoms with Gasteiger partial charge in [-0.2, -0.15) is 0 Å². The van der Waals surface area contributed by atoms with Crippen LogP contribution < -0.4 is 4.74 Å². The maximum absolute atomic E-state index is 13.0. The van der Waals surface area contributed by atoms with Crippen molar-refractivity contribution in [2.45, 2.75) is 20.3 Å². The van der Waals surface area contributed by atoms with Crippen LogP contribution in [-0.4, -0.2) is 43.6 Å². The van der Waals surface area contributed by atoms with Gasteiger partial charge in [-0.1, -0.05) is 62.4 Å². The summed E-state index contributed by atoms with van der Waals surface area (Å²) >= 11 is 0. The summed E-state index contributed by atoms with van der Waals surface area (Å²) in [4.78, 5) is 27.4. The molecule has 5 nitrogen and oxygen atoms in total. The number of amides is 1. The lowest BCUT2D eigenvalue weighted by Crippen LogP contribution is -2.44. The second-order valence-electron chi connectivity index (χ2n) is 7.99. The maximum Gasteiger partial charge on any atom is 0.339 e. The first-order chi connectivity index (χ1) is 14.5. The zero-order valence-electron chi connectivity index (χ0n) is 17.8. The highest BCUT2D eigenvalue weighted by molar-refractivity contribution is 6.22. The monoisotopic (exact) mass is 407 g/mol. The van der Waals surface area contributed by atoms with E-state index in [0.29, 0.717) is 36.2 Å². The molecule has 0 aliphatic carbocycles. The molecule has 0 N–H and O–H groups in total. The second-order valence-corrected chi connectivity index (χ2v) is 7.99. The Bertz CT molecular complexity index is 896. The lowest BCUT2D eigenvalue weighted by Gasteiger charge is -2.34. The minimum atomic E-state index is -0.529. The molecule has 1 aliphatic heterocycles. The van der Waals surface area contributed by atoms with E-state index in [1.165, 1.54) is 0 Å². The normalized spacial score (nSPS) is 19.3. The Morgan fingerprint density at radius 2 is 1.63 bits per heavy atom. The molecule has 30 heavy (non-hydrogen) atoms. The van der Waals surface area contributed by atoms with E-state index in [1.54, 1.807) is 18.1 Å². The minimum absolute atomic E-state index is 0.147. The van der Waals surface area contributed by atoms with Crippen LogP contribution in [0.15, 0.2) is 54.6 Å². The molecule has 1 amide bonds. The average Bonchev–Trinajstić information content (AvgIpc) is 2.75. The first-order valence-corrected chi connectivity index (χ1v) is 10.3. The van der Waals surface area contributed by atoms with Crippen molar-refractivity contribution in [2.24, 2.45) is 11.8 Å². The van der Waals surface area contributed by atoms with Gasteiger partial charge in [0.1, 0.15) is 5.75 Å². The van der Waals surface area contributed by atoms with Crippen LogP contribution in [0.4, 0.5) is 0 Å². The number of para-hydroxylation sites is 1. The van der Waals surface area contributed by atoms with Crippen molar-refractivity contribution >= 4 is 23.5 Å². The van der Waals surface area contributed by atoms with Crippen LogP contribution in [0.25, 0.3) is 11.6 Å². The number of esters is 1. The van der Waals surface area contributed by atoms with Crippen LogP contribution in [0.3, 0.4) is 0 Å². The Hall–Kier alpha value is -3.08. The molecule has 1 fully saturated rings. The minimum Gasteiger partial charge on any atom is -0.496 e. The summed E-state index contributed by atoms with van der Waals surface area (Å²) in [6.45, 7) is 5.46. The predicted molar refractivity (Wildman–Crippen MR) is 118 cm³/mol. The molecule has 1 aliphatic rings. The zero-order valence-corrected chi connectivity index (χ0v) is 17.8. The van der Waals surface area contributed by atoms with Crippen LogP contribution in [0.5, 0.6) is 5.75 Å². The van der Waals surface area contributed by atoms with Crippen LogP contribution in [0.1, 0.15) is 31.4 Å². The van der Waals surface area contributed by atoms with E-state index in [9.17, 15) is 9.59 Å². The number of nitrogens with zero attached hydrogens (tertiary/aromatic N) is 1. The van der Waals surface area contributed by atoms with Gasteiger partial charge in [0.15, 0.2) is 6.61 Å². The van der Waals surface area contributed by atoms with E-state index in [1.807, 2.05) is 54.6 Å². The topological polar surface area (TPSA) is 55.8 Å². The maximum atomic E-state index is 13.0. The molecule has 2 aromatic carbocycles. The number of hydrogen-bond donors (Lipinski definition) is 0. The molecule has 0 spiro atoms. The van der Waals surface area contributed by atoms with Crippen molar-refractivity contribution in [3.8, 4) is 5.75 Å². The Kier molecular flexibility index (Phi) is 7.28. The molecular weight excluding hydrogens is 378 g/mol. The van der Waals surface area contributed by atoms with Crippen molar-refractivity contribution in [1.29, 1.82) is 0 Å². The van der Waals surface area contributed by atoms with Crippen molar-refractivity contribution < 1.29 is 19.1 Å². The molecule has 2 aromatic rings. The molecule has 0 saturated carbocycles. The van der Waals surface area contributed by atoms with E-state index in [2.05, 4.69) is 13.8 Å². The Morgan fingerprint density at radius 1 is 1.00 bits per heavy atom. The van der Waals surface area contributed by atoms with Crippen LogP contribution in [-0.2, 0) is 14.3 Å². The molecule has 158 valence electrons. The van der Waals surface area contributed by atoms with E-state index in [4.69, 9.17) is 9.47 Å². The third kappa shape index (κ3) is 5.50. The van der Waals surface area contributed by atoms with E-state index >= 15 is 0 Å². The molecule has 0 bridgehead atoms. The average molecular weight is 408 g/mol. The summed E-state index contributed by atoms with van der Waals surface area (Å²) < 4.78 is 10.9. The summed E-state index contributed by atoms with van der Waals surface area (Å²) in [6, 6.07) is 16.8. The molecule has 1 saturated heterocycles. The van der Waals surface area contributed by atoms with Crippen molar-refractivity contribution in [2.75, 3.05) is 26.8 Å². The lowest BCUT2D eigenvalue weighted by atomic mass is 9.92. The molecule has 2 atom stereocenters. The fourth-order valence-corrected chi connectivity index (χ4v) is 3.98. The molecule has 1 heterocycles. The number of piperidine rings is 1. The Morgan fingerprint density at radius 3 is 2.30 bits per heavy atom. The standard InChI is InChI=1S/C25H29NO4/c1-18-13-19(2)16-26(15-18)24(27)17-30-25(28)22(20-9-5-4-6-10-20)14-21-11-7-8-12-23(21)29-3/h4-12,14,18-19H,13,15-17H2,1-3H3/b22-14+/t18-,19-/m1/s1. The fourth-order valence-electron chi connectivity index (χ4n) is 3.98. The van der Waals surface area contributed by atoms with E-state index in [-0.39, 0.29) is 12.5 Å². The van der Waals surface area contributed by atoms with Gasteiger partial charge in [0.05, 0.1) is 12.7 Å². The van der Waals surface area contributed by atoms with Gasteiger partial charge in [-0.25, -0.2) is 4.79 Å². The SMILES string of the molecule is COc1ccccc1/C=C(/C(=O)OCC(=O)N1C[C@H](C)C[C@@H](C)C1)c1ccccc1. The quantitative estimate of drug-likeness (QED) is 0.407. The smallest absolute Gasteiger partial charge is 0.339 e. The van der Waals surface area contributed by atoms with Gasteiger partial charge in [0.2, 0.25) is 0 Å². The third-order valence-electron chi connectivity index (χ3n) is 5.29. The highest BCUT2D eigenvalue weighted by atomic mass is 16.5. The van der Waals surface area contributed by atoms with Gasteiger partial charge in [0, 0.05) is 18.7 Å². The van der Waals surface area contributed by atoms with Gasteiger partial charge >= 0.3 is 5.97 Å². The zero-order chi connectivity index (χ0) is 21.5. The number of benzene rings is 2. The second kappa shape index (κ2) is 10.1. The molecule has 0 aromatic heterocycles. The van der Waals surface area contributed by atoms with Gasteiger partial charge < -0.3 is 14.4 Å². The highest BCUT2D eigenvalue weighted by Crippen LogP contribution is 2.26. The summed E-state index contributed by atoms with van der Waals surface area (Å²) in [7, 11) is 1.59. The van der Waals surface area contributed by atoms with Gasteiger partial charge in [0.25, 0.3) is 5.91 Å². The fraction of sp³-hybridized carbons (Fsp3) is 0.360. The number of ether oxygens (including phenoxy) is 2. The molecule has 3 rings (SSSR count). The number of methoxy groups -OCH3 is 1. The van der Waals surface area contributed by atoms with Crippen LogP contribution in [0.2, 0.25) is 0 Å². The number of rotatable bonds is 6. The van der Waals surface area contributed by atoms with Gasteiger partial charge in [-0.3, -0.25) is 4.79 Å². The molecule has 0 radical (unpaired) electrons. The predicted octanol–water partition coefficient (Wildman–Crippen LogP) is 4.28. The van der Waals surface area contributed by atoms with E-state index < -0.39 is 5.97 Å². The largest absolute Gasteiger partial charge is 0.496 e. The lowest BCUT2D eigenvalue weighted by molar-refractivity contribution is -0.148. The van der Waals surface area contributed by atoms with Gasteiger partial charge in [-0.05, 0) is 36.0 Å². The summed E-state index contributed by atoms with van der Waals surface area (Å²) in [5.41, 5.74) is 1.87. The van der Waals surface area contributed by atoms with Crippen molar-refractivity contribution in [1.82, 2.24) is 4.90 Å². The number of hydrogen-bond acceptors (Lipinski definition) is 4.